The Morgan fingerprint density at radius 1 is 1.13 bits per heavy atom. The van der Waals surface area contributed by atoms with E-state index >= 15 is 4.39 Å². The normalized spacial score (nSPS) is 28.1. The number of nitrogens with one attached hydrogen (secondary N) is 1. The molecule has 0 saturated carbocycles. The van der Waals surface area contributed by atoms with Gasteiger partial charge in [0.25, 0.3) is 0 Å². The summed E-state index contributed by atoms with van der Waals surface area (Å²) in [4.78, 5) is 18.6. The molecule has 0 amide bonds. The Morgan fingerprint density at radius 2 is 2.02 bits per heavy atom. The predicted molar refractivity (Wildman–Crippen MR) is 170 cm³/mol. The van der Waals surface area contributed by atoms with Crippen LogP contribution < -0.4 is 19.7 Å². The quantitative estimate of drug-likeness (QED) is 0.303. The van der Waals surface area contributed by atoms with Crippen LogP contribution in [0, 0.1) is 24.0 Å². The fourth-order valence-electron chi connectivity index (χ4n) is 8.82. The highest BCUT2D eigenvalue weighted by atomic mass is 19.1. The minimum atomic E-state index is -0.928. The summed E-state index contributed by atoms with van der Waals surface area (Å²) in [7, 11) is 0. The summed E-state index contributed by atoms with van der Waals surface area (Å²) >= 11 is 0. The molecule has 47 heavy (non-hydrogen) atoms. The molecule has 12 heteroatoms. The smallest absolute Gasteiger partial charge is 0.319 e. The number of hydrogen-bond donors (Lipinski definition) is 2. The van der Waals surface area contributed by atoms with E-state index in [0.717, 1.165) is 32.2 Å². The second-order valence-corrected chi connectivity index (χ2v) is 13.6. The molecule has 2 aromatic heterocycles. The molecule has 4 fully saturated rings. The number of terminal acetylenes is 1. The molecule has 5 aliphatic rings. The van der Waals surface area contributed by atoms with Gasteiger partial charge in [0.15, 0.2) is 5.82 Å². The zero-order valence-electron chi connectivity index (χ0n) is 25.6. The molecule has 9 rings (SSSR count). The van der Waals surface area contributed by atoms with Crippen LogP contribution in [0.5, 0.6) is 17.6 Å². The number of phenols is 1. The number of phenolic OH excluding ortho intramolecular Hbond substituents is 1. The van der Waals surface area contributed by atoms with E-state index in [2.05, 4.69) is 31.0 Å². The van der Waals surface area contributed by atoms with E-state index < -0.39 is 23.3 Å². The lowest BCUT2D eigenvalue weighted by Crippen LogP contribution is -2.59. The molecule has 2 N–H and O–H groups in total. The number of pyridine rings is 1. The maximum atomic E-state index is 17.1. The first kappa shape index (κ1) is 28.8. The molecule has 2 bridgehead atoms. The van der Waals surface area contributed by atoms with Crippen LogP contribution in [0.4, 0.5) is 19.0 Å². The first-order valence-corrected chi connectivity index (χ1v) is 16.3. The Hall–Kier alpha value is -4.34. The fraction of sp³-hybridized carbons (Fsp3) is 0.457. The summed E-state index contributed by atoms with van der Waals surface area (Å²) < 4.78 is 59.2. The molecule has 1 unspecified atom stereocenters. The highest BCUT2D eigenvalue weighted by Gasteiger charge is 2.50. The van der Waals surface area contributed by atoms with Crippen LogP contribution in [-0.4, -0.2) is 87.6 Å². The number of alkyl halides is 1. The summed E-state index contributed by atoms with van der Waals surface area (Å²) in [5, 5.41) is 15.3. The van der Waals surface area contributed by atoms with Gasteiger partial charge in [-0.15, -0.1) is 6.42 Å². The van der Waals surface area contributed by atoms with Crippen molar-refractivity contribution in [1.82, 2.24) is 25.2 Å². The average molecular weight is 643 g/mol. The highest BCUT2D eigenvalue weighted by molar-refractivity contribution is 6.04. The third-order valence-electron chi connectivity index (χ3n) is 10.9. The number of nitrogens with zero attached hydrogens (tertiary/aromatic N) is 5. The molecular formula is C35H33F3N6O3. The summed E-state index contributed by atoms with van der Waals surface area (Å²) in [5.74, 6) is 1.37. The van der Waals surface area contributed by atoms with Crippen LogP contribution >= 0.6 is 0 Å². The minimum Gasteiger partial charge on any atom is -0.508 e. The largest absolute Gasteiger partial charge is 0.508 e. The number of hydrogen-bond acceptors (Lipinski definition) is 9. The third kappa shape index (κ3) is 4.43. The number of benzene rings is 2. The number of aromatic nitrogens is 3. The Kier molecular flexibility index (Phi) is 6.50. The van der Waals surface area contributed by atoms with Gasteiger partial charge in [0.1, 0.15) is 46.8 Å². The third-order valence-corrected chi connectivity index (χ3v) is 10.9. The molecule has 9 nitrogen and oxygen atoms in total. The van der Waals surface area contributed by atoms with Crippen LogP contribution in [0.1, 0.15) is 44.1 Å². The van der Waals surface area contributed by atoms with Gasteiger partial charge in [0, 0.05) is 55.0 Å². The Morgan fingerprint density at radius 3 is 2.89 bits per heavy atom. The van der Waals surface area contributed by atoms with Crippen LogP contribution in [0.3, 0.4) is 0 Å². The number of fused-ring (bicyclic) bond motifs is 7. The lowest BCUT2D eigenvalue weighted by molar-refractivity contribution is 0.107. The number of rotatable bonds is 4. The Labute approximate surface area is 269 Å². The van der Waals surface area contributed by atoms with Crippen LogP contribution in [0.2, 0.25) is 0 Å². The van der Waals surface area contributed by atoms with Gasteiger partial charge in [-0.2, -0.15) is 9.97 Å². The highest BCUT2D eigenvalue weighted by Crippen LogP contribution is 2.45. The number of anilines is 1. The molecule has 0 aliphatic carbocycles. The second-order valence-electron chi connectivity index (χ2n) is 13.6. The van der Waals surface area contributed by atoms with Crippen molar-refractivity contribution in [2.24, 2.45) is 0 Å². The van der Waals surface area contributed by atoms with Gasteiger partial charge in [-0.25, -0.2) is 18.2 Å². The number of halogens is 3. The average Bonchev–Trinajstić information content (AvgIpc) is 3.72. The van der Waals surface area contributed by atoms with E-state index in [4.69, 9.17) is 20.9 Å². The lowest BCUT2D eigenvalue weighted by atomic mass is 9.95. The van der Waals surface area contributed by atoms with Gasteiger partial charge in [-0.1, -0.05) is 12.0 Å². The first-order valence-electron chi connectivity index (χ1n) is 16.3. The van der Waals surface area contributed by atoms with Gasteiger partial charge in [0.2, 0.25) is 5.88 Å². The van der Waals surface area contributed by atoms with E-state index in [1.165, 1.54) is 24.3 Å². The van der Waals surface area contributed by atoms with Gasteiger partial charge >= 0.3 is 6.01 Å². The lowest BCUT2D eigenvalue weighted by Gasteiger charge is -2.43. The molecule has 4 aromatic rings. The van der Waals surface area contributed by atoms with E-state index in [1.807, 2.05) is 0 Å². The molecule has 2 aromatic carbocycles. The summed E-state index contributed by atoms with van der Waals surface area (Å²) in [6.07, 6.45) is 9.64. The maximum absolute atomic E-state index is 17.1. The molecule has 5 aliphatic heterocycles. The number of ether oxygens (including phenoxy) is 2. The van der Waals surface area contributed by atoms with Crippen LogP contribution in [-0.2, 0) is 0 Å². The van der Waals surface area contributed by atoms with Crippen LogP contribution in [0.25, 0.3) is 32.9 Å². The SMILES string of the molecule is C#Cc1c(F)ccc2cc(O)cc(-c3nc4c5c(nc(OC[C@@]67CCCN6C[C@H](F)C7)nc5c3F)N3C[C@H]5CC[C@H](N5)C3CCO4)c12. The zero-order valence-corrected chi connectivity index (χ0v) is 25.6. The number of piperazine rings is 1. The van der Waals surface area contributed by atoms with E-state index in [1.54, 1.807) is 0 Å². The van der Waals surface area contributed by atoms with Crippen molar-refractivity contribution in [1.29, 1.82) is 0 Å². The van der Waals surface area contributed by atoms with E-state index in [9.17, 15) is 13.9 Å². The van der Waals surface area contributed by atoms with Gasteiger partial charge in [0.05, 0.1) is 17.7 Å². The summed E-state index contributed by atoms with van der Waals surface area (Å²) in [6.45, 7) is 2.35. The van der Waals surface area contributed by atoms with Crippen molar-refractivity contribution < 1.29 is 27.8 Å². The molecule has 242 valence electrons. The van der Waals surface area contributed by atoms with Crippen molar-refractivity contribution in [2.75, 3.05) is 37.7 Å². The molecule has 7 heterocycles. The first-order chi connectivity index (χ1) is 22.8. The van der Waals surface area contributed by atoms with Gasteiger partial charge in [-0.05, 0) is 55.8 Å². The van der Waals surface area contributed by atoms with E-state index in [-0.39, 0.29) is 70.1 Å². The predicted octanol–water partition coefficient (Wildman–Crippen LogP) is 4.86. The monoisotopic (exact) mass is 642 g/mol. The van der Waals surface area contributed by atoms with Gasteiger partial charge in [-0.3, -0.25) is 4.90 Å². The van der Waals surface area contributed by atoms with Gasteiger partial charge < -0.3 is 24.8 Å². The number of aromatic hydroxyl groups is 1. The van der Waals surface area contributed by atoms with Crippen molar-refractivity contribution in [3.05, 3.63) is 41.5 Å². The topological polar surface area (TPSA) is 95.9 Å². The van der Waals surface area contributed by atoms with Crippen molar-refractivity contribution in [2.45, 2.75) is 68.4 Å². The van der Waals surface area contributed by atoms with Crippen LogP contribution in [0.15, 0.2) is 24.3 Å². The molecule has 5 atom stereocenters. The summed E-state index contributed by atoms with van der Waals surface area (Å²) in [5.41, 5.74) is -0.679. The Balaban J connectivity index is 1.26. The molecular weight excluding hydrogens is 609 g/mol. The summed E-state index contributed by atoms with van der Waals surface area (Å²) in [6, 6.07) is 5.98. The van der Waals surface area contributed by atoms with Crippen molar-refractivity contribution in [3.63, 3.8) is 0 Å². The molecule has 0 spiro atoms. The minimum absolute atomic E-state index is 0.0145. The molecule has 4 saturated heterocycles. The van der Waals surface area contributed by atoms with Crippen molar-refractivity contribution >= 4 is 27.5 Å². The maximum Gasteiger partial charge on any atom is 0.319 e. The zero-order chi connectivity index (χ0) is 32.0. The Bertz CT molecular complexity index is 2000. The van der Waals surface area contributed by atoms with Crippen molar-refractivity contribution in [3.8, 4) is 41.2 Å². The fourth-order valence-corrected chi connectivity index (χ4v) is 8.82. The van der Waals surface area contributed by atoms with E-state index in [0.29, 0.717) is 49.1 Å². The molecule has 0 radical (unpaired) electrons. The second kappa shape index (κ2) is 10.6. The standard InChI is InChI=1S/C35H33F3N6O3/c1-2-22-24(37)6-4-18-12-21(45)13-23(27(18)22)30-29(38)31-28-32(42-34(41-31)47-17-35-9-3-10-43(35)15-19(36)14-35)44-16-20-5-7-25(39-20)26(44)8-11-46-33(28)40-30/h1,4,6,12-13,19-20,25-26,39,45H,3,5,7-11,14-17H2/t19-,20-,25+,26?,35+/m1/s1.